The third-order valence-electron chi connectivity index (χ3n) is 3.86. The van der Waals surface area contributed by atoms with Crippen LogP contribution in [0.4, 0.5) is 5.69 Å². The number of para-hydroxylation sites is 1. The number of carbonyl (C=O) groups excluding carboxylic acids is 1. The SMILES string of the molecule is CC1Cc2ccccc2N1C(=O)c1ccc(CN)cc1. The fraction of sp³-hybridized carbons (Fsp3) is 0.235. The van der Waals surface area contributed by atoms with Gasteiger partial charge >= 0.3 is 0 Å². The fourth-order valence-electron chi connectivity index (χ4n) is 2.80. The van der Waals surface area contributed by atoms with Gasteiger partial charge in [-0.3, -0.25) is 4.79 Å². The molecule has 1 atom stereocenters. The van der Waals surface area contributed by atoms with Crippen molar-refractivity contribution in [1.82, 2.24) is 0 Å². The lowest BCUT2D eigenvalue weighted by Crippen LogP contribution is -2.35. The second-order valence-corrected chi connectivity index (χ2v) is 5.26. The van der Waals surface area contributed by atoms with E-state index in [9.17, 15) is 4.79 Å². The summed E-state index contributed by atoms with van der Waals surface area (Å²) in [4.78, 5) is 14.6. The summed E-state index contributed by atoms with van der Waals surface area (Å²) in [5.41, 5.74) is 9.62. The van der Waals surface area contributed by atoms with Gasteiger partial charge in [0.15, 0.2) is 0 Å². The average Bonchev–Trinajstić information content (AvgIpc) is 2.82. The van der Waals surface area contributed by atoms with Gasteiger partial charge in [0.25, 0.3) is 5.91 Å². The highest BCUT2D eigenvalue weighted by Crippen LogP contribution is 2.32. The van der Waals surface area contributed by atoms with E-state index in [-0.39, 0.29) is 11.9 Å². The number of fused-ring (bicyclic) bond motifs is 1. The van der Waals surface area contributed by atoms with Gasteiger partial charge in [0, 0.05) is 23.8 Å². The molecule has 3 nitrogen and oxygen atoms in total. The van der Waals surface area contributed by atoms with Crippen LogP contribution in [0.15, 0.2) is 48.5 Å². The van der Waals surface area contributed by atoms with Gasteiger partial charge in [-0.15, -0.1) is 0 Å². The number of benzene rings is 2. The van der Waals surface area contributed by atoms with Crippen LogP contribution in [0.5, 0.6) is 0 Å². The Morgan fingerprint density at radius 1 is 1.20 bits per heavy atom. The quantitative estimate of drug-likeness (QED) is 0.908. The molecule has 0 fully saturated rings. The van der Waals surface area contributed by atoms with E-state index in [1.54, 1.807) is 0 Å². The van der Waals surface area contributed by atoms with Gasteiger partial charge in [0.1, 0.15) is 0 Å². The Kier molecular flexibility index (Phi) is 3.28. The van der Waals surface area contributed by atoms with Crippen molar-refractivity contribution in [2.24, 2.45) is 5.73 Å². The summed E-state index contributed by atoms with van der Waals surface area (Å²) >= 11 is 0. The van der Waals surface area contributed by atoms with Gasteiger partial charge in [-0.25, -0.2) is 0 Å². The molecule has 0 radical (unpaired) electrons. The van der Waals surface area contributed by atoms with Crippen molar-refractivity contribution in [3.05, 3.63) is 65.2 Å². The van der Waals surface area contributed by atoms with E-state index < -0.39 is 0 Å². The van der Waals surface area contributed by atoms with Crippen LogP contribution in [-0.4, -0.2) is 11.9 Å². The van der Waals surface area contributed by atoms with Crippen molar-refractivity contribution in [3.8, 4) is 0 Å². The van der Waals surface area contributed by atoms with Gasteiger partial charge in [-0.05, 0) is 42.7 Å². The Hall–Kier alpha value is -2.13. The van der Waals surface area contributed by atoms with Crippen molar-refractivity contribution in [2.75, 3.05) is 4.90 Å². The highest BCUT2D eigenvalue weighted by Gasteiger charge is 2.30. The topological polar surface area (TPSA) is 46.3 Å². The zero-order chi connectivity index (χ0) is 14.1. The molecule has 1 unspecified atom stereocenters. The van der Waals surface area contributed by atoms with Crippen molar-refractivity contribution in [2.45, 2.75) is 25.9 Å². The minimum Gasteiger partial charge on any atom is -0.326 e. The van der Waals surface area contributed by atoms with Crippen LogP contribution in [0.25, 0.3) is 0 Å². The van der Waals surface area contributed by atoms with Crippen LogP contribution in [0, 0.1) is 0 Å². The van der Waals surface area contributed by atoms with Crippen LogP contribution in [-0.2, 0) is 13.0 Å². The number of amides is 1. The van der Waals surface area contributed by atoms with E-state index in [2.05, 4.69) is 13.0 Å². The monoisotopic (exact) mass is 266 g/mol. The minimum atomic E-state index is 0.0611. The van der Waals surface area contributed by atoms with Crippen LogP contribution in [0.3, 0.4) is 0 Å². The second kappa shape index (κ2) is 5.10. The number of hydrogen-bond acceptors (Lipinski definition) is 2. The third kappa shape index (κ3) is 2.10. The largest absolute Gasteiger partial charge is 0.326 e. The highest BCUT2D eigenvalue weighted by molar-refractivity contribution is 6.07. The molecule has 1 aliphatic heterocycles. The Labute approximate surface area is 119 Å². The highest BCUT2D eigenvalue weighted by atomic mass is 16.2. The normalized spacial score (nSPS) is 17.1. The maximum Gasteiger partial charge on any atom is 0.258 e. The molecule has 2 N–H and O–H groups in total. The van der Waals surface area contributed by atoms with Crippen molar-refractivity contribution < 1.29 is 4.79 Å². The zero-order valence-electron chi connectivity index (χ0n) is 11.5. The molecule has 0 aromatic heterocycles. The number of rotatable bonds is 2. The molecule has 1 heterocycles. The van der Waals surface area contributed by atoms with Gasteiger partial charge < -0.3 is 10.6 Å². The second-order valence-electron chi connectivity index (χ2n) is 5.26. The summed E-state index contributed by atoms with van der Waals surface area (Å²) in [5.74, 6) is 0.0611. The molecule has 0 saturated carbocycles. The molecule has 1 aliphatic rings. The van der Waals surface area contributed by atoms with E-state index in [0.717, 1.165) is 17.7 Å². The summed E-state index contributed by atoms with van der Waals surface area (Å²) < 4.78 is 0. The molecule has 2 aromatic rings. The fourth-order valence-corrected chi connectivity index (χ4v) is 2.80. The number of hydrogen-bond donors (Lipinski definition) is 1. The predicted octanol–water partition coefficient (Wildman–Crippen LogP) is 2.74. The Morgan fingerprint density at radius 3 is 2.60 bits per heavy atom. The lowest BCUT2D eigenvalue weighted by molar-refractivity contribution is 0.0981. The standard InChI is InChI=1S/C17H18N2O/c1-12-10-15-4-2-3-5-16(15)19(12)17(20)14-8-6-13(11-18)7-9-14/h2-9,12H,10-11,18H2,1H3. The Morgan fingerprint density at radius 2 is 1.90 bits per heavy atom. The average molecular weight is 266 g/mol. The number of carbonyl (C=O) groups is 1. The molecule has 0 saturated heterocycles. The summed E-state index contributed by atoms with van der Waals surface area (Å²) in [5, 5.41) is 0. The molecule has 3 rings (SSSR count). The molecule has 0 aliphatic carbocycles. The van der Waals surface area contributed by atoms with Crippen LogP contribution >= 0.6 is 0 Å². The van der Waals surface area contributed by atoms with E-state index in [0.29, 0.717) is 12.1 Å². The molecule has 20 heavy (non-hydrogen) atoms. The van der Waals surface area contributed by atoms with Crippen molar-refractivity contribution >= 4 is 11.6 Å². The predicted molar refractivity (Wildman–Crippen MR) is 80.8 cm³/mol. The number of nitrogens with zero attached hydrogens (tertiary/aromatic N) is 1. The van der Waals surface area contributed by atoms with E-state index in [4.69, 9.17) is 5.73 Å². The van der Waals surface area contributed by atoms with E-state index in [1.165, 1.54) is 5.56 Å². The molecular formula is C17H18N2O. The zero-order valence-corrected chi connectivity index (χ0v) is 11.5. The number of anilines is 1. The lowest BCUT2D eigenvalue weighted by Gasteiger charge is -2.22. The van der Waals surface area contributed by atoms with Crippen molar-refractivity contribution in [3.63, 3.8) is 0 Å². The Bertz CT molecular complexity index is 634. The van der Waals surface area contributed by atoms with Crippen LogP contribution in [0.2, 0.25) is 0 Å². The summed E-state index contributed by atoms with van der Waals surface area (Å²) in [7, 11) is 0. The van der Waals surface area contributed by atoms with Gasteiger partial charge in [0.2, 0.25) is 0 Å². The van der Waals surface area contributed by atoms with Gasteiger partial charge in [0.05, 0.1) is 0 Å². The molecule has 102 valence electrons. The maximum absolute atomic E-state index is 12.7. The summed E-state index contributed by atoms with van der Waals surface area (Å²) in [6, 6.07) is 15.9. The van der Waals surface area contributed by atoms with E-state index >= 15 is 0 Å². The molecule has 0 spiro atoms. The van der Waals surface area contributed by atoms with Crippen molar-refractivity contribution in [1.29, 1.82) is 0 Å². The third-order valence-corrected chi connectivity index (χ3v) is 3.86. The number of nitrogens with two attached hydrogens (primary N) is 1. The minimum absolute atomic E-state index is 0.0611. The first-order valence-electron chi connectivity index (χ1n) is 6.91. The van der Waals surface area contributed by atoms with Gasteiger partial charge in [-0.1, -0.05) is 30.3 Å². The smallest absolute Gasteiger partial charge is 0.258 e. The molecule has 1 amide bonds. The summed E-state index contributed by atoms with van der Waals surface area (Å²) in [6.45, 7) is 2.59. The Balaban J connectivity index is 1.94. The molecule has 2 aromatic carbocycles. The lowest BCUT2D eigenvalue weighted by atomic mass is 10.1. The first-order valence-corrected chi connectivity index (χ1v) is 6.91. The van der Waals surface area contributed by atoms with Gasteiger partial charge in [-0.2, -0.15) is 0 Å². The summed E-state index contributed by atoms with van der Waals surface area (Å²) in [6.07, 6.45) is 0.919. The van der Waals surface area contributed by atoms with E-state index in [1.807, 2.05) is 47.4 Å². The first-order chi connectivity index (χ1) is 9.70. The molecular weight excluding hydrogens is 248 g/mol. The molecule has 3 heteroatoms. The molecule has 0 bridgehead atoms. The van der Waals surface area contributed by atoms with Crippen LogP contribution < -0.4 is 10.6 Å². The first kappa shape index (κ1) is 12.9. The maximum atomic E-state index is 12.7. The van der Waals surface area contributed by atoms with Crippen LogP contribution in [0.1, 0.15) is 28.4 Å².